The molecule has 0 saturated heterocycles. The summed E-state index contributed by atoms with van der Waals surface area (Å²) in [6, 6.07) is 14.4. The largest absolute Gasteiger partial charge is 0.481 e. The first-order valence-electron chi connectivity index (χ1n) is 9.88. The van der Waals surface area contributed by atoms with Crippen molar-refractivity contribution in [3.63, 3.8) is 0 Å². The van der Waals surface area contributed by atoms with Gasteiger partial charge in [0.15, 0.2) is 0 Å². The van der Waals surface area contributed by atoms with Crippen LogP contribution in [0.3, 0.4) is 0 Å². The van der Waals surface area contributed by atoms with E-state index in [1.807, 2.05) is 38.1 Å². The zero-order valence-electron chi connectivity index (χ0n) is 16.8. The topological polar surface area (TPSA) is 86.7 Å². The van der Waals surface area contributed by atoms with E-state index in [-0.39, 0.29) is 12.3 Å². The monoisotopic (exact) mass is 394 g/mol. The molecule has 0 aromatic heterocycles. The van der Waals surface area contributed by atoms with Crippen molar-refractivity contribution >= 4 is 23.5 Å². The first-order valence-corrected chi connectivity index (χ1v) is 9.88. The van der Waals surface area contributed by atoms with Crippen molar-refractivity contribution in [1.82, 2.24) is 4.90 Å². The van der Waals surface area contributed by atoms with Crippen molar-refractivity contribution in [3.8, 4) is 0 Å². The third kappa shape index (κ3) is 4.16. The number of benzene rings is 2. The Hall–Kier alpha value is -3.15. The summed E-state index contributed by atoms with van der Waals surface area (Å²) >= 11 is 0. The number of hydrogen-bond donors (Lipinski definition) is 2. The molecule has 6 heteroatoms. The molecule has 1 aliphatic carbocycles. The van der Waals surface area contributed by atoms with Crippen molar-refractivity contribution in [2.75, 3.05) is 18.4 Å². The van der Waals surface area contributed by atoms with Gasteiger partial charge in [-0.1, -0.05) is 36.4 Å². The van der Waals surface area contributed by atoms with Crippen LogP contribution in [0.1, 0.15) is 41.8 Å². The molecule has 0 unspecified atom stereocenters. The zero-order chi connectivity index (χ0) is 21.0. The Morgan fingerprint density at radius 3 is 2.07 bits per heavy atom. The lowest BCUT2D eigenvalue weighted by atomic mass is 9.81. The lowest BCUT2D eigenvalue weighted by molar-refractivity contribution is -0.150. The van der Waals surface area contributed by atoms with Crippen LogP contribution in [0.15, 0.2) is 48.5 Å². The SMILES string of the molecule is CCN(CC)C(=O)c1ccccc1NC(=O)CC1(C(=O)O)Cc2ccccc2C1. The van der Waals surface area contributed by atoms with Gasteiger partial charge in [0.25, 0.3) is 5.91 Å². The second kappa shape index (κ2) is 8.47. The summed E-state index contributed by atoms with van der Waals surface area (Å²) < 4.78 is 0. The second-order valence-electron chi connectivity index (χ2n) is 7.46. The molecular weight excluding hydrogens is 368 g/mol. The molecule has 2 amide bonds. The average molecular weight is 394 g/mol. The minimum atomic E-state index is -1.16. The van der Waals surface area contributed by atoms with Crippen LogP contribution in [0.2, 0.25) is 0 Å². The molecule has 0 saturated carbocycles. The maximum absolute atomic E-state index is 12.8. The first-order chi connectivity index (χ1) is 13.9. The number of hydrogen-bond acceptors (Lipinski definition) is 3. The van der Waals surface area contributed by atoms with Gasteiger partial charge in [0.05, 0.1) is 16.7 Å². The van der Waals surface area contributed by atoms with Crippen molar-refractivity contribution in [3.05, 3.63) is 65.2 Å². The molecule has 0 fully saturated rings. The highest BCUT2D eigenvalue weighted by atomic mass is 16.4. The van der Waals surface area contributed by atoms with Gasteiger partial charge in [-0.05, 0) is 49.9 Å². The third-order valence-corrected chi connectivity index (χ3v) is 5.61. The molecule has 0 atom stereocenters. The van der Waals surface area contributed by atoms with Crippen LogP contribution in [0.4, 0.5) is 5.69 Å². The molecule has 3 rings (SSSR count). The van der Waals surface area contributed by atoms with Gasteiger partial charge in [0.2, 0.25) is 5.91 Å². The average Bonchev–Trinajstić information content (AvgIpc) is 3.08. The number of anilines is 1. The Morgan fingerprint density at radius 1 is 0.966 bits per heavy atom. The van der Waals surface area contributed by atoms with Gasteiger partial charge in [-0.25, -0.2) is 0 Å². The fraction of sp³-hybridized carbons (Fsp3) is 0.348. The van der Waals surface area contributed by atoms with Crippen LogP contribution in [-0.2, 0) is 22.4 Å². The Morgan fingerprint density at radius 2 is 1.52 bits per heavy atom. The molecule has 0 heterocycles. The standard InChI is InChI=1S/C23H26N2O4/c1-3-25(4-2)21(27)18-11-7-8-12-19(18)24-20(26)15-23(22(28)29)13-16-9-5-6-10-17(16)14-23/h5-12H,3-4,13-15H2,1-2H3,(H,24,26)(H,28,29). The fourth-order valence-electron chi connectivity index (χ4n) is 4.01. The molecule has 0 radical (unpaired) electrons. The van der Waals surface area contributed by atoms with Gasteiger partial charge < -0.3 is 15.3 Å². The quantitative estimate of drug-likeness (QED) is 0.754. The van der Waals surface area contributed by atoms with Gasteiger partial charge in [-0.3, -0.25) is 14.4 Å². The number of fused-ring (bicyclic) bond motifs is 1. The fourth-order valence-corrected chi connectivity index (χ4v) is 4.01. The Kier molecular flexibility index (Phi) is 6.01. The van der Waals surface area contributed by atoms with Crippen LogP contribution >= 0.6 is 0 Å². The van der Waals surface area contributed by atoms with Crippen LogP contribution in [0.5, 0.6) is 0 Å². The number of para-hydroxylation sites is 1. The van der Waals surface area contributed by atoms with Crippen LogP contribution in [0, 0.1) is 5.41 Å². The maximum atomic E-state index is 12.8. The number of carboxylic acids is 1. The van der Waals surface area contributed by atoms with E-state index in [0.717, 1.165) is 11.1 Å². The molecular formula is C23H26N2O4. The minimum Gasteiger partial charge on any atom is -0.481 e. The van der Waals surface area contributed by atoms with Crippen LogP contribution in [-0.4, -0.2) is 40.9 Å². The van der Waals surface area contributed by atoms with Gasteiger partial charge in [-0.15, -0.1) is 0 Å². The summed E-state index contributed by atoms with van der Waals surface area (Å²) in [5, 5.41) is 12.7. The molecule has 29 heavy (non-hydrogen) atoms. The predicted molar refractivity (Wildman–Crippen MR) is 111 cm³/mol. The Balaban J connectivity index is 1.79. The number of amides is 2. The smallest absolute Gasteiger partial charge is 0.310 e. The molecule has 0 bridgehead atoms. The Labute approximate surface area is 170 Å². The highest BCUT2D eigenvalue weighted by molar-refractivity contribution is 6.04. The lowest BCUT2D eigenvalue weighted by Crippen LogP contribution is -2.36. The highest BCUT2D eigenvalue weighted by Gasteiger charge is 2.45. The maximum Gasteiger partial charge on any atom is 0.310 e. The van der Waals surface area contributed by atoms with Crippen molar-refractivity contribution in [1.29, 1.82) is 0 Å². The van der Waals surface area contributed by atoms with E-state index in [2.05, 4.69) is 5.32 Å². The first kappa shape index (κ1) is 20.6. The molecule has 6 nitrogen and oxygen atoms in total. The summed E-state index contributed by atoms with van der Waals surface area (Å²) in [7, 11) is 0. The Bertz CT molecular complexity index is 909. The van der Waals surface area contributed by atoms with Crippen molar-refractivity contribution in [2.45, 2.75) is 33.1 Å². The van der Waals surface area contributed by atoms with Crippen LogP contribution in [0.25, 0.3) is 0 Å². The van der Waals surface area contributed by atoms with Gasteiger partial charge >= 0.3 is 5.97 Å². The predicted octanol–water partition coefficient (Wildman–Crippen LogP) is 3.37. The third-order valence-electron chi connectivity index (χ3n) is 5.61. The highest BCUT2D eigenvalue weighted by Crippen LogP contribution is 2.40. The summed E-state index contributed by atoms with van der Waals surface area (Å²) in [5.41, 5.74) is 1.60. The van der Waals surface area contributed by atoms with E-state index < -0.39 is 17.3 Å². The number of aliphatic carboxylic acids is 1. The molecule has 2 aromatic rings. The van der Waals surface area contributed by atoms with Gasteiger partial charge in [0, 0.05) is 19.5 Å². The molecule has 152 valence electrons. The van der Waals surface area contributed by atoms with E-state index in [1.165, 1.54) is 0 Å². The second-order valence-corrected chi connectivity index (χ2v) is 7.46. The number of carboxylic acid groups (broad SMARTS) is 1. The molecule has 2 N–H and O–H groups in total. The minimum absolute atomic E-state index is 0.148. The van der Waals surface area contributed by atoms with Gasteiger partial charge in [0.1, 0.15) is 0 Å². The summed E-state index contributed by atoms with van der Waals surface area (Å²) in [6.07, 6.45) is 0.503. The van der Waals surface area contributed by atoms with E-state index in [9.17, 15) is 19.5 Å². The number of nitrogens with one attached hydrogen (secondary N) is 1. The normalized spacial score (nSPS) is 14.1. The number of nitrogens with zero attached hydrogens (tertiary/aromatic N) is 1. The van der Waals surface area contributed by atoms with E-state index >= 15 is 0 Å². The van der Waals surface area contributed by atoms with E-state index in [0.29, 0.717) is 37.2 Å². The summed E-state index contributed by atoms with van der Waals surface area (Å²) in [6.45, 7) is 4.93. The zero-order valence-corrected chi connectivity index (χ0v) is 16.8. The summed E-state index contributed by atoms with van der Waals surface area (Å²) in [5.74, 6) is -1.54. The van der Waals surface area contributed by atoms with E-state index in [4.69, 9.17) is 0 Å². The lowest BCUT2D eigenvalue weighted by Gasteiger charge is -2.24. The molecule has 1 aliphatic rings. The summed E-state index contributed by atoms with van der Waals surface area (Å²) in [4.78, 5) is 39.3. The van der Waals surface area contributed by atoms with Crippen LogP contribution < -0.4 is 5.32 Å². The molecule has 0 aliphatic heterocycles. The molecule has 0 spiro atoms. The number of rotatable bonds is 7. The molecule has 2 aromatic carbocycles. The van der Waals surface area contributed by atoms with Crippen molar-refractivity contribution < 1.29 is 19.5 Å². The number of carbonyl (C=O) groups is 3. The van der Waals surface area contributed by atoms with Crippen molar-refractivity contribution in [2.24, 2.45) is 5.41 Å². The van der Waals surface area contributed by atoms with Gasteiger partial charge in [-0.2, -0.15) is 0 Å². The van der Waals surface area contributed by atoms with E-state index in [1.54, 1.807) is 29.2 Å². The number of carbonyl (C=O) groups excluding carboxylic acids is 2.